The maximum absolute atomic E-state index is 11.1. The summed E-state index contributed by atoms with van der Waals surface area (Å²) < 4.78 is 5.68. The molecule has 0 radical (unpaired) electrons. The molecule has 2 bridgehead atoms. The number of carboxylic acids is 1. The van der Waals surface area contributed by atoms with Gasteiger partial charge in [0.05, 0.1) is 11.5 Å². The van der Waals surface area contributed by atoms with Crippen molar-refractivity contribution in [3.05, 3.63) is 33.9 Å². The molecular formula is C15H17NO5. The third-order valence-corrected chi connectivity index (χ3v) is 4.74. The number of rotatable bonds is 5. The van der Waals surface area contributed by atoms with Crippen molar-refractivity contribution >= 4 is 11.7 Å². The highest BCUT2D eigenvalue weighted by molar-refractivity contribution is 5.92. The SMILES string of the molecule is O=C(O)c1cc(OCC2CC3CCC2C3)ccc1[N+](=O)[O-]. The number of hydrogen-bond acceptors (Lipinski definition) is 4. The van der Waals surface area contributed by atoms with Crippen LogP contribution >= 0.6 is 0 Å². The lowest BCUT2D eigenvalue weighted by Crippen LogP contribution is -2.18. The summed E-state index contributed by atoms with van der Waals surface area (Å²) in [5.41, 5.74) is -0.736. The summed E-state index contributed by atoms with van der Waals surface area (Å²) in [4.78, 5) is 21.2. The molecule has 3 unspecified atom stereocenters. The average Bonchev–Trinajstić information content (AvgIpc) is 3.07. The quantitative estimate of drug-likeness (QED) is 0.665. The van der Waals surface area contributed by atoms with E-state index in [0.29, 0.717) is 18.3 Å². The van der Waals surface area contributed by atoms with Gasteiger partial charge in [-0.25, -0.2) is 4.79 Å². The Morgan fingerprint density at radius 1 is 1.38 bits per heavy atom. The van der Waals surface area contributed by atoms with E-state index in [-0.39, 0.29) is 5.56 Å². The number of ether oxygens (including phenoxy) is 1. The zero-order chi connectivity index (χ0) is 15.0. The van der Waals surface area contributed by atoms with Gasteiger partial charge in [-0.05, 0) is 43.1 Å². The molecule has 6 nitrogen and oxygen atoms in total. The fourth-order valence-corrected chi connectivity index (χ4v) is 3.72. The van der Waals surface area contributed by atoms with Gasteiger partial charge in [0.2, 0.25) is 0 Å². The molecule has 112 valence electrons. The lowest BCUT2D eigenvalue weighted by Gasteiger charge is -2.21. The maximum atomic E-state index is 11.1. The molecule has 3 rings (SSSR count). The van der Waals surface area contributed by atoms with Crippen molar-refractivity contribution in [3.63, 3.8) is 0 Å². The molecule has 0 aliphatic heterocycles. The van der Waals surface area contributed by atoms with Crippen LogP contribution in [0.15, 0.2) is 18.2 Å². The van der Waals surface area contributed by atoms with Crippen molar-refractivity contribution in [1.82, 2.24) is 0 Å². The molecule has 2 saturated carbocycles. The first-order valence-corrected chi connectivity index (χ1v) is 7.19. The minimum Gasteiger partial charge on any atom is -0.493 e. The van der Waals surface area contributed by atoms with Crippen LogP contribution in [0.2, 0.25) is 0 Å². The third-order valence-electron chi connectivity index (χ3n) is 4.74. The first kappa shape index (κ1) is 13.9. The number of aromatic carboxylic acids is 1. The molecule has 0 aromatic heterocycles. The number of benzene rings is 1. The Morgan fingerprint density at radius 2 is 2.19 bits per heavy atom. The molecule has 3 atom stereocenters. The van der Waals surface area contributed by atoms with E-state index in [9.17, 15) is 14.9 Å². The van der Waals surface area contributed by atoms with Crippen LogP contribution in [0.5, 0.6) is 5.75 Å². The van der Waals surface area contributed by atoms with Crippen molar-refractivity contribution in [2.24, 2.45) is 17.8 Å². The van der Waals surface area contributed by atoms with E-state index in [2.05, 4.69) is 0 Å². The fourth-order valence-electron chi connectivity index (χ4n) is 3.72. The first-order valence-electron chi connectivity index (χ1n) is 7.19. The van der Waals surface area contributed by atoms with Gasteiger partial charge in [-0.2, -0.15) is 0 Å². The molecule has 6 heteroatoms. The van der Waals surface area contributed by atoms with Gasteiger partial charge in [-0.3, -0.25) is 10.1 Å². The van der Waals surface area contributed by atoms with Crippen LogP contribution in [0.4, 0.5) is 5.69 Å². The van der Waals surface area contributed by atoms with E-state index >= 15 is 0 Å². The molecule has 0 spiro atoms. The summed E-state index contributed by atoms with van der Waals surface area (Å²) in [5.74, 6) is 1.17. The summed E-state index contributed by atoms with van der Waals surface area (Å²) in [5, 5.41) is 19.8. The zero-order valence-electron chi connectivity index (χ0n) is 11.5. The number of fused-ring (bicyclic) bond motifs is 2. The number of nitrogens with zero attached hydrogens (tertiary/aromatic N) is 1. The van der Waals surface area contributed by atoms with E-state index in [1.54, 1.807) is 0 Å². The Bertz CT molecular complexity index is 585. The van der Waals surface area contributed by atoms with Crippen LogP contribution in [0.3, 0.4) is 0 Å². The Balaban J connectivity index is 1.69. The average molecular weight is 291 g/mol. The van der Waals surface area contributed by atoms with Gasteiger partial charge in [0, 0.05) is 12.1 Å². The van der Waals surface area contributed by atoms with Crippen molar-refractivity contribution < 1.29 is 19.6 Å². The predicted octanol–water partition coefficient (Wildman–Crippen LogP) is 3.11. The Labute approximate surface area is 121 Å². The van der Waals surface area contributed by atoms with Crippen LogP contribution in [0.1, 0.15) is 36.0 Å². The van der Waals surface area contributed by atoms with E-state index in [4.69, 9.17) is 9.84 Å². The molecule has 2 fully saturated rings. The van der Waals surface area contributed by atoms with Gasteiger partial charge >= 0.3 is 5.97 Å². The van der Waals surface area contributed by atoms with Crippen molar-refractivity contribution in [2.45, 2.75) is 25.7 Å². The number of carboxylic acid groups (broad SMARTS) is 1. The summed E-state index contributed by atoms with van der Waals surface area (Å²) >= 11 is 0. The molecule has 1 aromatic rings. The highest BCUT2D eigenvalue weighted by atomic mass is 16.6. The Hall–Kier alpha value is -2.11. The standard InChI is InChI=1S/C15H17NO5/c17-15(18)13-7-12(3-4-14(13)16(19)20)21-8-11-6-9-1-2-10(11)5-9/h3-4,7,9-11H,1-2,5-6,8H2,(H,17,18). The number of nitro benzene ring substituents is 1. The first-order chi connectivity index (χ1) is 10.0. The van der Waals surface area contributed by atoms with E-state index < -0.39 is 16.6 Å². The molecule has 2 aliphatic rings. The zero-order valence-corrected chi connectivity index (χ0v) is 11.5. The summed E-state index contributed by atoms with van der Waals surface area (Å²) in [6.45, 7) is 0.567. The van der Waals surface area contributed by atoms with Gasteiger partial charge in [-0.1, -0.05) is 6.42 Å². The minimum absolute atomic E-state index is 0.328. The topological polar surface area (TPSA) is 89.7 Å². The monoisotopic (exact) mass is 291 g/mol. The predicted molar refractivity (Wildman–Crippen MR) is 74.5 cm³/mol. The van der Waals surface area contributed by atoms with Crippen LogP contribution in [-0.4, -0.2) is 22.6 Å². The van der Waals surface area contributed by atoms with E-state index in [1.807, 2.05) is 0 Å². The largest absolute Gasteiger partial charge is 0.493 e. The highest BCUT2D eigenvalue weighted by Crippen LogP contribution is 2.48. The molecule has 0 amide bonds. The van der Waals surface area contributed by atoms with Gasteiger partial charge < -0.3 is 9.84 Å². The number of nitro groups is 1. The second kappa shape index (κ2) is 5.35. The smallest absolute Gasteiger partial charge is 0.342 e. The van der Waals surface area contributed by atoms with Crippen LogP contribution in [0, 0.1) is 27.9 Å². The summed E-state index contributed by atoms with van der Waals surface area (Å²) in [6.07, 6.45) is 5.05. The number of carbonyl (C=O) groups is 1. The second-order valence-corrected chi connectivity index (χ2v) is 5.99. The van der Waals surface area contributed by atoms with Crippen LogP contribution < -0.4 is 4.74 Å². The third kappa shape index (κ3) is 2.70. The molecule has 1 aromatic carbocycles. The minimum atomic E-state index is -1.31. The van der Waals surface area contributed by atoms with Gasteiger partial charge in [0.25, 0.3) is 5.69 Å². The summed E-state index contributed by atoms with van der Waals surface area (Å²) in [7, 11) is 0. The summed E-state index contributed by atoms with van der Waals surface area (Å²) in [6, 6.07) is 3.91. The molecule has 2 aliphatic carbocycles. The molecule has 0 saturated heterocycles. The molecule has 21 heavy (non-hydrogen) atoms. The Morgan fingerprint density at radius 3 is 2.76 bits per heavy atom. The lowest BCUT2D eigenvalue weighted by atomic mass is 9.89. The second-order valence-electron chi connectivity index (χ2n) is 5.99. The van der Waals surface area contributed by atoms with E-state index in [0.717, 1.165) is 11.8 Å². The van der Waals surface area contributed by atoms with Gasteiger partial charge in [0.15, 0.2) is 0 Å². The maximum Gasteiger partial charge on any atom is 0.342 e. The van der Waals surface area contributed by atoms with Crippen molar-refractivity contribution in [1.29, 1.82) is 0 Å². The Kier molecular flexibility index (Phi) is 3.53. The molecule has 1 N–H and O–H groups in total. The molecular weight excluding hydrogens is 274 g/mol. The normalized spacial score (nSPS) is 26.8. The number of hydrogen-bond donors (Lipinski definition) is 1. The molecule has 0 heterocycles. The van der Waals surface area contributed by atoms with Gasteiger partial charge in [-0.15, -0.1) is 0 Å². The van der Waals surface area contributed by atoms with Gasteiger partial charge in [0.1, 0.15) is 11.3 Å². The highest BCUT2D eigenvalue weighted by Gasteiger charge is 2.39. The van der Waals surface area contributed by atoms with Crippen molar-refractivity contribution in [3.8, 4) is 5.75 Å². The lowest BCUT2D eigenvalue weighted by molar-refractivity contribution is -0.385. The van der Waals surface area contributed by atoms with Crippen LogP contribution in [0.25, 0.3) is 0 Å². The van der Waals surface area contributed by atoms with Crippen LogP contribution in [-0.2, 0) is 0 Å². The van der Waals surface area contributed by atoms with Crippen molar-refractivity contribution in [2.75, 3.05) is 6.61 Å². The van der Waals surface area contributed by atoms with E-state index in [1.165, 1.54) is 43.9 Å². The fraction of sp³-hybridized carbons (Fsp3) is 0.533.